The molecule has 0 saturated heterocycles. The number of allylic oxidation sites excluding steroid dienone is 4. The number of benzene rings is 2. The SMILES string of the molecule is CCC1(C)C(C)=C(C)C(C)=[C]1[Ti][P](c1ccccc1)c1ccccc1.Cl.Cl. The Morgan fingerprint density at radius 1 is 0.778 bits per heavy atom. The number of hydrogen-bond donors (Lipinski definition) is 0. The van der Waals surface area contributed by atoms with Crippen LogP contribution < -0.4 is 10.6 Å². The molecule has 1 atom stereocenters. The van der Waals surface area contributed by atoms with Crippen LogP contribution in [0.1, 0.15) is 41.0 Å². The molecular formula is C23H29Cl2PTi. The van der Waals surface area contributed by atoms with Crippen LogP contribution in [0.5, 0.6) is 0 Å². The Morgan fingerprint density at radius 2 is 1.22 bits per heavy atom. The van der Waals surface area contributed by atoms with Crippen LogP contribution in [-0.2, 0) is 18.6 Å². The Hall–Kier alpha value is -0.356. The van der Waals surface area contributed by atoms with Crippen molar-refractivity contribution in [2.24, 2.45) is 5.41 Å². The first-order chi connectivity index (χ1) is 12.0. The second kappa shape index (κ2) is 10.4. The molecule has 0 N–H and O–H groups in total. The van der Waals surface area contributed by atoms with Gasteiger partial charge in [-0.3, -0.25) is 0 Å². The molecule has 0 radical (unpaired) electrons. The van der Waals surface area contributed by atoms with Crippen molar-refractivity contribution < 1.29 is 18.6 Å². The van der Waals surface area contributed by atoms with E-state index >= 15 is 0 Å². The zero-order chi connectivity index (χ0) is 18.0. The zero-order valence-electron chi connectivity index (χ0n) is 16.7. The molecule has 1 aliphatic carbocycles. The summed E-state index contributed by atoms with van der Waals surface area (Å²) in [5.74, 6) is -0.250. The summed E-state index contributed by atoms with van der Waals surface area (Å²) in [5.41, 5.74) is 5.00. The maximum Gasteiger partial charge on any atom is -0.147 e. The molecule has 0 spiro atoms. The minimum absolute atomic E-state index is 0. The summed E-state index contributed by atoms with van der Waals surface area (Å²) in [6.45, 7) is 11.9. The van der Waals surface area contributed by atoms with Crippen LogP contribution >= 0.6 is 30.7 Å². The monoisotopic (exact) mass is 454 g/mol. The van der Waals surface area contributed by atoms with Gasteiger partial charge in [-0.2, -0.15) is 0 Å². The van der Waals surface area contributed by atoms with Crippen LogP contribution in [0.15, 0.2) is 81.3 Å². The van der Waals surface area contributed by atoms with Gasteiger partial charge in [0, 0.05) is 0 Å². The summed E-state index contributed by atoms with van der Waals surface area (Å²) in [4.78, 5) is 0. The first kappa shape index (κ1) is 24.7. The molecule has 0 bridgehead atoms. The number of rotatable bonds is 5. The standard InChI is InChI=1S/C12H10P.C11H17.2ClH.Ti/c1-3-7-11(8-4-1)13-12-9-5-2-6-10-12;1-6-11(5)7-8(2)9(3)10(11)4;;;/h1-10H;6H2,1-5H3;2*1H;/q-1;;;;+1. The Balaban J connectivity index is 0.00000182. The van der Waals surface area contributed by atoms with Crippen molar-refractivity contribution in [1.82, 2.24) is 0 Å². The molecule has 1 aliphatic rings. The van der Waals surface area contributed by atoms with Gasteiger partial charge in [-0.15, -0.1) is 24.8 Å². The Kier molecular flexibility index (Phi) is 9.53. The smallest absolute Gasteiger partial charge is 0.147 e. The van der Waals surface area contributed by atoms with Gasteiger partial charge in [0.05, 0.1) is 0 Å². The van der Waals surface area contributed by atoms with Crippen molar-refractivity contribution in [1.29, 1.82) is 0 Å². The van der Waals surface area contributed by atoms with Crippen LogP contribution in [0, 0.1) is 5.41 Å². The molecule has 0 amide bonds. The molecule has 0 aromatic heterocycles. The van der Waals surface area contributed by atoms with Crippen LogP contribution in [0.2, 0.25) is 0 Å². The van der Waals surface area contributed by atoms with E-state index in [1.165, 1.54) is 17.0 Å². The van der Waals surface area contributed by atoms with E-state index in [1.807, 2.05) is 0 Å². The van der Waals surface area contributed by atoms with Gasteiger partial charge in [-0.1, -0.05) is 0 Å². The quantitative estimate of drug-likeness (QED) is 0.337. The van der Waals surface area contributed by atoms with Gasteiger partial charge in [0.15, 0.2) is 0 Å². The van der Waals surface area contributed by atoms with E-state index in [4.69, 9.17) is 0 Å². The Bertz CT molecular complexity index is 775. The van der Waals surface area contributed by atoms with Gasteiger partial charge in [0.2, 0.25) is 0 Å². The molecule has 0 heterocycles. The fraction of sp³-hybridized carbons (Fsp3) is 0.304. The summed E-state index contributed by atoms with van der Waals surface area (Å²) >= 11 is -0.260. The largest absolute Gasteiger partial charge is 0.147 e. The van der Waals surface area contributed by atoms with Gasteiger partial charge < -0.3 is 0 Å². The van der Waals surface area contributed by atoms with E-state index in [0.717, 1.165) is 0 Å². The Morgan fingerprint density at radius 3 is 1.63 bits per heavy atom. The van der Waals surface area contributed by atoms with Crippen molar-refractivity contribution in [3.8, 4) is 0 Å². The summed E-state index contributed by atoms with van der Waals surface area (Å²) in [7, 11) is 0. The fourth-order valence-corrected chi connectivity index (χ4v) is 12.3. The van der Waals surface area contributed by atoms with E-state index in [1.54, 1.807) is 20.6 Å². The number of halogens is 2. The predicted octanol–water partition coefficient (Wildman–Crippen LogP) is 7.00. The fourth-order valence-electron chi connectivity index (χ4n) is 3.68. The summed E-state index contributed by atoms with van der Waals surface area (Å²) in [6.07, 6.45) is 1.21. The summed E-state index contributed by atoms with van der Waals surface area (Å²) < 4.78 is 1.78. The molecule has 0 nitrogen and oxygen atoms in total. The average molecular weight is 455 g/mol. The third kappa shape index (κ3) is 4.80. The molecule has 27 heavy (non-hydrogen) atoms. The molecule has 1 unspecified atom stereocenters. The maximum absolute atomic E-state index is 2.48. The van der Waals surface area contributed by atoms with E-state index in [2.05, 4.69) is 95.3 Å². The summed E-state index contributed by atoms with van der Waals surface area (Å²) in [6, 6.07) is 22.4. The first-order valence-electron chi connectivity index (χ1n) is 9.05. The molecular weight excluding hydrogens is 426 g/mol. The maximum atomic E-state index is 2.48. The minimum atomic E-state index is -0.260. The molecule has 2 aromatic carbocycles. The second-order valence-electron chi connectivity index (χ2n) is 7.05. The summed E-state index contributed by atoms with van der Waals surface area (Å²) in [5, 5.41) is 3.06. The van der Waals surface area contributed by atoms with Crippen LogP contribution in [0.25, 0.3) is 0 Å². The van der Waals surface area contributed by atoms with Gasteiger partial charge in [0.25, 0.3) is 0 Å². The van der Waals surface area contributed by atoms with Crippen molar-refractivity contribution in [2.45, 2.75) is 41.0 Å². The average Bonchev–Trinajstić information content (AvgIpc) is 2.82. The van der Waals surface area contributed by atoms with Gasteiger partial charge in [0.1, 0.15) is 0 Å². The molecule has 144 valence electrons. The molecule has 0 saturated carbocycles. The molecule has 0 aliphatic heterocycles. The van der Waals surface area contributed by atoms with E-state index in [-0.39, 0.29) is 54.8 Å². The molecule has 2 aromatic rings. The zero-order valence-corrected chi connectivity index (χ0v) is 20.8. The van der Waals surface area contributed by atoms with Crippen molar-refractivity contribution >= 4 is 41.3 Å². The van der Waals surface area contributed by atoms with E-state index < -0.39 is 0 Å². The van der Waals surface area contributed by atoms with E-state index in [0.29, 0.717) is 0 Å². The van der Waals surface area contributed by atoms with Crippen LogP contribution in [0.3, 0.4) is 0 Å². The van der Waals surface area contributed by atoms with Crippen molar-refractivity contribution in [3.63, 3.8) is 0 Å². The van der Waals surface area contributed by atoms with Crippen LogP contribution in [-0.4, -0.2) is 0 Å². The second-order valence-corrected chi connectivity index (χ2v) is 12.9. The minimum Gasteiger partial charge on any atom is -0.147 e. The van der Waals surface area contributed by atoms with Crippen molar-refractivity contribution in [3.05, 3.63) is 81.3 Å². The van der Waals surface area contributed by atoms with Gasteiger partial charge in [-0.25, -0.2) is 0 Å². The van der Waals surface area contributed by atoms with Gasteiger partial charge >= 0.3 is 163 Å². The predicted molar refractivity (Wildman–Crippen MR) is 123 cm³/mol. The topological polar surface area (TPSA) is 0 Å². The Labute approximate surface area is 186 Å². The van der Waals surface area contributed by atoms with Crippen molar-refractivity contribution in [2.75, 3.05) is 0 Å². The normalized spacial score (nSPS) is 19.0. The van der Waals surface area contributed by atoms with Gasteiger partial charge in [-0.05, 0) is 0 Å². The first-order valence-corrected chi connectivity index (χ1v) is 13.3. The van der Waals surface area contributed by atoms with Crippen LogP contribution in [0.4, 0.5) is 0 Å². The number of hydrogen-bond acceptors (Lipinski definition) is 0. The third-order valence-electron chi connectivity index (χ3n) is 5.84. The molecule has 0 fully saturated rings. The molecule has 4 heteroatoms. The molecule has 3 rings (SSSR count). The van der Waals surface area contributed by atoms with E-state index in [9.17, 15) is 0 Å². The third-order valence-corrected chi connectivity index (χ3v) is 13.9.